The molecule has 0 aliphatic heterocycles. The van der Waals surface area contributed by atoms with E-state index in [2.05, 4.69) is 23.5 Å². The molecule has 0 atom stereocenters. The first kappa shape index (κ1) is 14.3. The Morgan fingerprint density at radius 1 is 1.38 bits per heavy atom. The van der Waals surface area contributed by atoms with Crippen molar-refractivity contribution in [2.45, 2.75) is 19.5 Å². The topological polar surface area (TPSA) is 24.7 Å². The molecule has 0 spiro atoms. The number of rotatable bonds is 5. The van der Waals surface area contributed by atoms with Crippen LogP contribution in [-0.4, -0.2) is 19.1 Å². The minimum Gasteiger partial charge on any atom is -0.167 e. The van der Waals surface area contributed by atoms with Gasteiger partial charge in [0, 0.05) is 12.8 Å². The normalized spacial score (nSPS) is 14.2. The Morgan fingerprint density at radius 3 is 2.38 bits per heavy atom. The second-order valence-electron chi connectivity index (χ2n) is 2.85. The third-order valence-corrected chi connectivity index (χ3v) is 1.64. The minimum absolute atomic E-state index is 0.0864. The van der Waals surface area contributed by atoms with E-state index in [1.165, 1.54) is 12.2 Å². The fraction of sp³-hybridized carbons (Fsp3) is 0.273. The lowest BCUT2D eigenvalue weighted by Gasteiger charge is -2.02. The molecule has 0 aliphatic carbocycles. The molecule has 16 heavy (non-hydrogen) atoms. The van der Waals surface area contributed by atoms with Crippen LogP contribution in [0.15, 0.2) is 46.2 Å². The van der Waals surface area contributed by atoms with Gasteiger partial charge < -0.3 is 0 Å². The number of alkyl halides is 3. The molecule has 5 heteroatoms. The summed E-state index contributed by atoms with van der Waals surface area (Å²) in [6.07, 6.45) is 0.210. The van der Waals surface area contributed by atoms with Crippen molar-refractivity contribution in [2.24, 2.45) is 10.2 Å². The zero-order chi connectivity index (χ0) is 12.6. The van der Waals surface area contributed by atoms with Gasteiger partial charge in [-0.25, -0.2) is 0 Å². The van der Waals surface area contributed by atoms with Gasteiger partial charge in [0.05, 0.1) is 6.21 Å². The van der Waals surface area contributed by atoms with E-state index in [1.54, 1.807) is 0 Å². The molecule has 0 radical (unpaired) electrons. The van der Waals surface area contributed by atoms with Crippen LogP contribution in [0.25, 0.3) is 0 Å². The first-order valence-electron chi connectivity index (χ1n) is 4.54. The molecule has 0 amide bonds. The Balaban J connectivity index is 5.17. The van der Waals surface area contributed by atoms with Gasteiger partial charge in [0.2, 0.25) is 0 Å². The number of hydrogen-bond acceptors (Lipinski definition) is 2. The Bertz CT molecular complexity index is 336. The van der Waals surface area contributed by atoms with Gasteiger partial charge >= 0.3 is 6.18 Å². The highest BCUT2D eigenvalue weighted by atomic mass is 19.4. The van der Waals surface area contributed by atoms with Crippen molar-refractivity contribution in [2.75, 3.05) is 0 Å². The quantitative estimate of drug-likeness (QED) is 0.391. The summed E-state index contributed by atoms with van der Waals surface area (Å²) in [7, 11) is 0. The molecule has 0 aromatic rings. The molecule has 0 rings (SSSR count). The largest absolute Gasteiger partial charge is 0.410 e. The molecule has 0 bridgehead atoms. The summed E-state index contributed by atoms with van der Waals surface area (Å²) in [4.78, 5) is 0. The first-order chi connectivity index (χ1) is 7.42. The van der Waals surface area contributed by atoms with Crippen LogP contribution in [0.3, 0.4) is 0 Å². The summed E-state index contributed by atoms with van der Waals surface area (Å²) in [5.41, 5.74) is 0.600. The highest BCUT2D eigenvalue weighted by Gasteiger charge is 2.23. The molecule has 0 aromatic carbocycles. The number of allylic oxidation sites excluding steroid dienone is 5. The van der Waals surface area contributed by atoms with E-state index in [9.17, 15) is 13.2 Å². The smallest absolute Gasteiger partial charge is 0.167 e. The molecule has 0 fully saturated rings. The van der Waals surface area contributed by atoms with Gasteiger partial charge in [-0.1, -0.05) is 25.7 Å². The van der Waals surface area contributed by atoms with Crippen molar-refractivity contribution < 1.29 is 13.2 Å². The van der Waals surface area contributed by atoms with E-state index in [4.69, 9.17) is 0 Å². The fourth-order valence-electron chi connectivity index (χ4n) is 0.932. The van der Waals surface area contributed by atoms with Crippen LogP contribution < -0.4 is 0 Å². The average molecular weight is 230 g/mol. The third kappa shape index (κ3) is 6.75. The molecular formula is C11H13F3N2. The average Bonchev–Trinajstić information content (AvgIpc) is 2.20. The van der Waals surface area contributed by atoms with E-state index in [0.717, 1.165) is 6.21 Å². The van der Waals surface area contributed by atoms with E-state index < -0.39 is 6.18 Å². The van der Waals surface area contributed by atoms with Crippen LogP contribution in [0.1, 0.15) is 13.3 Å². The second kappa shape index (κ2) is 6.76. The molecule has 0 unspecified atom stereocenters. The van der Waals surface area contributed by atoms with Gasteiger partial charge in [0.1, 0.15) is 0 Å². The fourth-order valence-corrected chi connectivity index (χ4v) is 0.932. The van der Waals surface area contributed by atoms with Crippen LogP contribution in [0.2, 0.25) is 0 Å². The van der Waals surface area contributed by atoms with Gasteiger partial charge in [-0.05, 0) is 17.6 Å². The summed E-state index contributed by atoms with van der Waals surface area (Å²) in [6.45, 7) is 8.38. The highest BCUT2D eigenvalue weighted by molar-refractivity contribution is 5.82. The van der Waals surface area contributed by atoms with Gasteiger partial charge in [0.15, 0.2) is 0 Å². The predicted octanol–water partition coefficient (Wildman–Crippen LogP) is 3.68. The molecule has 0 saturated heterocycles. The number of halogens is 3. The zero-order valence-electron chi connectivity index (χ0n) is 8.96. The summed E-state index contributed by atoms with van der Waals surface area (Å²) >= 11 is 0. The van der Waals surface area contributed by atoms with E-state index in [-0.39, 0.29) is 11.6 Å². The van der Waals surface area contributed by atoms with Crippen LogP contribution in [-0.2, 0) is 0 Å². The monoisotopic (exact) mass is 230 g/mol. The third-order valence-electron chi connectivity index (χ3n) is 1.64. The molecule has 0 heterocycles. The summed E-state index contributed by atoms with van der Waals surface area (Å²) < 4.78 is 36.5. The van der Waals surface area contributed by atoms with E-state index >= 15 is 0 Å². The zero-order valence-corrected chi connectivity index (χ0v) is 8.96. The maximum Gasteiger partial charge on any atom is 0.410 e. The Kier molecular flexibility index (Phi) is 6.07. The first-order valence-corrected chi connectivity index (χ1v) is 4.54. The molecule has 88 valence electrons. The van der Waals surface area contributed by atoms with Crippen molar-refractivity contribution in [3.63, 3.8) is 0 Å². The predicted molar refractivity (Wildman–Crippen MR) is 60.8 cm³/mol. The Morgan fingerprint density at radius 2 is 2.00 bits per heavy atom. The van der Waals surface area contributed by atoms with Crippen LogP contribution in [0.5, 0.6) is 0 Å². The molecule has 0 N–H and O–H groups in total. The number of hydrogen-bond donors (Lipinski definition) is 0. The van der Waals surface area contributed by atoms with E-state index in [1.807, 2.05) is 6.92 Å². The maximum absolute atomic E-state index is 12.2. The molecule has 2 nitrogen and oxygen atoms in total. The van der Waals surface area contributed by atoms with Crippen LogP contribution in [0, 0.1) is 0 Å². The maximum atomic E-state index is 12.2. The van der Waals surface area contributed by atoms with Crippen molar-refractivity contribution in [1.82, 2.24) is 0 Å². The minimum atomic E-state index is -4.39. The molecular weight excluding hydrogens is 217 g/mol. The highest BCUT2D eigenvalue weighted by Crippen LogP contribution is 2.19. The summed E-state index contributed by atoms with van der Waals surface area (Å²) in [5, 5.41) is 6.44. The second-order valence-corrected chi connectivity index (χ2v) is 2.85. The van der Waals surface area contributed by atoms with E-state index in [0.29, 0.717) is 12.0 Å². The Labute approximate surface area is 92.6 Å². The van der Waals surface area contributed by atoms with Crippen LogP contribution in [0.4, 0.5) is 13.2 Å². The van der Waals surface area contributed by atoms with Gasteiger partial charge in [0.25, 0.3) is 0 Å². The summed E-state index contributed by atoms with van der Waals surface area (Å²) in [5.74, 6) is 0. The molecule has 0 aromatic heterocycles. The van der Waals surface area contributed by atoms with Gasteiger partial charge in [-0.3, -0.25) is 0 Å². The lowest BCUT2D eigenvalue weighted by molar-refractivity contribution is -0.0800. The van der Waals surface area contributed by atoms with Crippen molar-refractivity contribution >= 4 is 12.9 Å². The lowest BCUT2D eigenvalue weighted by Crippen LogP contribution is -2.03. The van der Waals surface area contributed by atoms with Crippen LogP contribution >= 0.6 is 0 Å². The SMILES string of the molecule is C=C\C(=C/C(/C=N/N=C)=C\C(F)(F)F)CC. The molecule has 0 aliphatic rings. The van der Waals surface area contributed by atoms with Crippen molar-refractivity contribution in [3.8, 4) is 0 Å². The standard InChI is InChI=1S/C11H13F3N2/c1-4-9(5-2)6-10(8-16-15-3)7-11(12,13)14/h4,6-8H,1,3,5H2,2H3/b9-6+,10-7+,16-8+. The van der Waals surface area contributed by atoms with Crippen molar-refractivity contribution in [3.05, 3.63) is 36.0 Å². The lowest BCUT2D eigenvalue weighted by atomic mass is 10.1. The number of nitrogens with zero attached hydrogens (tertiary/aromatic N) is 2. The molecule has 0 saturated carbocycles. The summed E-state index contributed by atoms with van der Waals surface area (Å²) in [6, 6.07) is 0. The van der Waals surface area contributed by atoms with Crippen molar-refractivity contribution in [1.29, 1.82) is 0 Å². The van der Waals surface area contributed by atoms with Gasteiger partial charge in [-0.2, -0.15) is 23.4 Å². The Hall–Kier alpha value is -1.65. The van der Waals surface area contributed by atoms with Gasteiger partial charge in [-0.15, -0.1) is 0 Å².